The van der Waals surface area contributed by atoms with E-state index in [0.717, 1.165) is 0 Å². The Kier molecular flexibility index (Phi) is 11.3. The molecule has 0 aliphatic carbocycles. The number of quaternary nitrogens is 2. The van der Waals surface area contributed by atoms with Crippen LogP contribution in [0.25, 0.3) is 0 Å². The minimum atomic E-state index is -1.21. The van der Waals surface area contributed by atoms with Gasteiger partial charge in [-0.2, -0.15) is 0 Å². The number of aromatic hydroxyl groups is 1. The van der Waals surface area contributed by atoms with Crippen LogP contribution < -0.4 is 0 Å². The molecule has 0 spiro atoms. The number of rotatable bonds is 8. The van der Waals surface area contributed by atoms with Crippen molar-refractivity contribution in [2.75, 3.05) is 53.4 Å². The normalized spacial score (nSPS) is 16.2. The second-order valence-electron chi connectivity index (χ2n) is 9.49. The molecule has 1 aliphatic heterocycles. The summed E-state index contributed by atoms with van der Waals surface area (Å²) in [4.78, 5) is 27.8. The molecular weight excluding hydrogens is 446 g/mol. The molecule has 2 rings (SSSR count). The van der Waals surface area contributed by atoms with Gasteiger partial charge in [0.15, 0.2) is 0 Å². The fourth-order valence-corrected chi connectivity index (χ4v) is 4.03. The molecule has 12 nitrogen and oxygen atoms in total. The molecule has 1 aromatic carbocycles. The quantitative estimate of drug-likeness (QED) is 0.326. The van der Waals surface area contributed by atoms with E-state index in [-0.39, 0.29) is 0 Å². The number of likely N-dealkylation sites (N-methyl/N-ethyl adjacent to an activating group) is 2. The van der Waals surface area contributed by atoms with E-state index in [1.165, 1.54) is 86.8 Å². The zero-order chi connectivity index (χ0) is 25.9. The molecule has 1 heterocycles. The Morgan fingerprint density at radius 2 is 1.26 bits per heavy atom. The number of nitro groups is 3. The van der Waals surface area contributed by atoms with Gasteiger partial charge >= 0.3 is 11.4 Å². The number of benzene rings is 1. The van der Waals surface area contributed by atoms with Gasteiger partial charge in [-0.1, -0.05) is 12.8 Å². The van der Waals surface area contributed by atoms with Crippen molar-refractivity contribution in [3.05, 3.63) is 42.5 Å². The summed E-state index contributed by atoms with van der Waals surface area (Å²) in [5.74, 6) is -1.21. The van der Waals surface area contributed by atoms with Gasteiger partial charge in [0.05, 0.1) is 67.2 Å². The van der Waals surface area contributed by atoms with Crippen LogP contribution in [0.4, 0.5) is 17.1 Å². The Morgan fingerprint density at radius 3 is 1.62 bits per heavy atom. The molecule has 12 heteroatoms. The van der Waals surface area contributed by atoms with Crippen LogP contribution in [-0.4, -0.2) is 82.2 Å². The molecule has 0 atom stereocenters. The predicted molar refractivity (Wildman–Crippen MR) is 129 cm³/mol. The lowest BCUT2D eigenvalue weighted by Crippen LogP contribution is -2.54. The number of phenols is 1. The number of hydrogen-bond donors (Lipinski definition) is 1. The largest absolute Gasteiger partial charge is 0.497 e. The van der Waals surface area contributed by atoms with Crippen LogP contribution in [0.5, 0.6) is 5.75 Å². The summed E-state index contributed by atoms with van der Waals surface area (Å²) < 4.78 is 2.57. The Balaban J connectivity index is 0.000000342. The topological polar surface area (TPSA) is 150 Å². The van der Waals surface area contributed by atoms with Crippen LogP contribution in [0.2, 0.25) is 0 Å². The van der Waals surface area contributed by atoms with Gasteiger partial charge in [0.1, 0.15) is 13.1 Å². The number of nitro benzene ring substituents is 3. The van der Waals surface area contributed by atoms with Gasteiger partial charge in [-0.15, -0.1) is 0 Å². The number of hydrogen-bond acceptors (Lipinski definition) is 7. The summed E-state index contributed by atoms with van der Waals surface area (Å²) in [6.45, 7) is 12.8. The highest BCUT2D eigenvalue weighted by atomic mass is 16.6. The standard InChI is InChI=1S/C16H36N2.C6H3N3O7/c1-5-17(3,6-2)15-16-18(4)13-11-9-7-8-10-12-14-18;10-6-4(8(13)14)1-3(7(11)12)2-5(6)9(15)16/h5-16H2,1-4H3;1-2,10H/q+2;. The van der Waals surface area contributed by atoms with E-state index < -0.39 is 37.6 Å². The third kappa shape index (κ3) is 8.82. The summed E-state index contributed by atoms with van der Waals surface area (Å²) in [5.41, 5.74) is -3.00. The third-order valence-electron chi connectivity index (χ3n) is 7.01. The first-order valence-corrected chi connectivity index (χ1v) is 11.9. The molecule has 0 radical (unpaired) electrons. The van der Waals surface area contributed by atoms with E-state index in [9.17, 15) is 30.3 Å². The first-order chi connectivity index (χ1) is 15.9. The molecule has 1 saturated heterocycles. The van der Waals surface area contributed by atoms with Crippen LogP contribution in [0.15, 0.2) is 12.1 Å². The van der Waals surface area contributed by atoms with Crippen LogP contribution in [0.1, 0.15) is 52.4 Å². The van der Waals surface area contributed by atoms with Gasteiger partial charge in [-0.25, -0.2) is 0 Å². The fraction of sp³-hybridized carbons (Fsp3) is 0.727. The number of nitrogens with zero attached hydrogens (tertiary/aromatic N) is 5. The summed E-state index contributed by atoms with van der Waals surface area (Å²) in [6, 6.07) is 0.894. The fourth-order valence-electron chi connectivity index (χ4n) is 4.03. The van der Waals surface area contributed by atoms with E-state index in [2.05, 4.69) is 27.9 Å². The Labute approximate surface area is 200 Å². The summed E-state index contributed by atoms with van der Waals surface area (Å²) >= 11 is 0. The minimum Gasteiger partial charge on any atom is -0.497 e. The molecule has 192 valence electrons. The van der Waals surface area contributed by atoms with Crippen LogP contribution in [0.3, 0.4) is 0 Å². The highest BCUT2D eigenvalue weighted by molar-refractivity contribution is 5.64. The predicted octanol–water partition coefficient (Wildman–Crippen LogP) is 4.39. The third-order valence-corrected chi connectivity index (χ3v) is 7.01. The average Bonchev–Trinajstić information content (AvgIpc) is 2.89. The zero-order valence-electron chi connectivity index (χ0n) is 20.8. The van der Waals surface area contributed by atoms with Gasteiger partial charge in [-0.05, 0) is 39.5 Å². The first-order valence-electron chi connectivity index (χ1n) is 11.9. The van der Waals surface area contributed by atoms with Gasteiger partial charge in [-0.3, -0.25) is 30.3 Å². The molecule has 0 saturated carbocycles. The molecule has 1 aliphatic rings. The lowest BCUT2D eigenvalue weighted by atomic mass is 10.1. The average molecular weight is 486 g/mol. The van der Waals surface area contributed by atoms with Crippen molar-refractivity contribution in [1.82, 2.24) is 0 Å². The van der Waals surface area contributed by atoms with Crippen LogP contribution in [0, 0.1) is 30.3 Å². The Morgan fingerprint density at radius 1 is 0.853 bits per heavy atom. The number of non-ortho nitro benzene ring substituents is 1. The minimum absolute atomic E-state index is 0.447. The summed E-state index contributed by atoms with van der Waals surface area (Å²) in [5, 5.41) is 40.2. The van der Waals surface area contributed by atoms with E-state index in [4.69, 9.17) is 5.11 Å². The highest BCUT2D eigenvalue weighted by Crippen LogP contribution is 2.38. The van der Waals surface area contributed by atoms with Gasteiger partial charge in [0.2, 0.25) is 0 Å². The zero-order valence-corrected chi connectivity index (χ0v) is 20.8. The van der Waals surface area contributed by atoms with Gasteiger partial charge in [0.25, 0.3) is 11.4 Å². The second kappa shape index (κ2) is 13.1. The van der Waals surface area contributed by atoms with Crippen LogP contribution in [-0.2, 0) is 0 Å². The van der Waals surface area contributed by atoms with Crippen molar-refractivity contribution in [3.8, 4) is 5.75 Å². The molecule has 0 amide bonds. The van der Waals surface area contributed by atoms with E-state index in [0.29, 0.717) is 12.1 Å². The maximum Gasteiger partial charge on any atom is 0.324 e. The Bertz CT molecular complexity index is 813. The Hall–Kier alpha value is -2.86. The molecule has 1 fully saturated rings. The van der Waals surface area contributed by atoms with E-state index in [1.807, 2.05) is 0 Å². The monoisotopic (exact) mass is 485 g/mol. The lowest BCUT2D eigenvalue weighted by Gasteiger charge is -2.39. The molecule has 1 aromatic rings. The second-order valence-corrected chi connectivity index (χ2v) is 9.49. The van der Waals surface area contributed by atoms with E-state index in [1.54, 1.807) is 0 Å². The lowest BCUT2D eigenvalue weighted by molar-refractivity contribution is -0.962. The first kappa shape index (κ1) is 29.2. The molecule has 0 bridgehead atoms. The SMILES string of the molecule is CC[N+](C)(CC)CC[N+]1(C)CCCCCCCC1.O=[N+]([O-])c1cc([N+](=O)[O-])c(O)c([N+](=O)[O-])c1. The van der Waals surface area contributed by atoms with Crippen molar-refractivity contribution in [2.24, 2.45) is 0 Å². The summed E-state index contributed by atoms with van der Waals surface area (Å²) in [7, 11) is 4.92. The van der Waals surface area contributed by atoms with E-state index >= 15 is 0 Å². The van der Waals surface area contributed by atoms with Gasteiger partial charge < -0.3 is 14.1 Å². The van der Waals surface area contributed by atoms with Gasteiger partial charge in [0, 0.05) is 0 Å². The molecule has 1 N–H and O–H groups in total. The smallest absolute Gasteiger partial charge is 0.324 e. The highest BCUT2D eigenvalue weighted by Gasteiger charge is 2.30. The summed E-state index contributed by atoms with van der Waals surface area (Å²) in [6.07, 6.45) is 8.75. The molecule has 34 heavy (non-hydrogen) atoms. The maximum absolute atomic E-state index is 10.4. The maximum atomic E-state index is 10.4. The van der Waals surface area contributed by atoms with Crippen molar-refractivity contribution < 1.29 is 28.8 Å². The number of phenolic OH excluding ortho intramolecular Hbond substituents is 1. The molecular formula is C22H39N5O7+2. The molecule has 0 aromatic heterocycles. The van der Waals surface area contributed by atoms with Crippen molar-refractivity contribution >= 4 is 17.1 Å². The molecule has 0 unspecified atom stereocenters. The van der Waals surface area contributed by atoms with Crippen molar-refractivity contribution in [2.45, 2.75) is 52.4 Å². The van der Waals surface area contributed by atoms with Crippen molar-refractivity contribution in [3.63, 3.8) is 0 Å². The van der Waals surface area contributed by atoms with Crippen molar-refractivity contribution in [1.29, 1.82) is 0 Å². The van der Waals surface area contributed by atoms with Crippen LogP contribution >= 0.6 is 0 Å².